The number of hydrogen-bond acceptors (Lipinski definition) is 5. The smallest absolute Gasteiger partial charge is 0.197 e. The highest BCUT2D eigenvalue weighted by molar-refractivity contribution is 7.11. The molecule has 2 rings (SSSR count). The van der Waals surface area contributed by atoms with Gasteiger partial charge in [-0.15, -0.1) is 0 Å². The van der Waals surface area contributed by atoms with Crippen molar-refractivity contribution in [1.82, 2.24) is 4.37 Å². The highest BCUT2D eigenvalue weighted by atomic mass is 32.1. The number of nitrogens with zero attached hydrogens (tertiary/aromatic N) is 2. The first-order chi connectivity index (χ1) is 8.22. The highest BCUT2D eigenvalue weighted by Crippen LogP contribution is 2.38. The van der Waals surface area contributed by atoms with Crippen LogP contribution in [0, 0.1) is 5.92 Å². The lowest BCUT2D eigenvalue weighted by molar-refractivity contribution is 0.343. The number of hydrogen-bond donors (Lipinski definition) is 1. The largest absolute Gasteiger partial charge is 0.487 e. The van der Waals surface area contributed by atoms with E-state index in [1.165, 1.54) is 37.2 Å². The van der Waals surface area contributed by atoms with Gasteiger partial charge in [0.1, 0.15) is 0 Å². The molecule has 0 aliphatic heterocycles. The monoisotopic (exact) mass is 255 g/mol. The summed E-state index contributed by atoms with van der Waals surface area (Å²) in [6.45, 7) is 3.69. The Balaban J connectivity index is 2.04. The fraction of sp³-hybridized carbons (Fsp3) is 0.750. The van der Waals surface area contributed by atoms with Gasteiger partial charge >= 0.3 is 0 Å². The number of nitrogens with two attached hydrogens (primary N) is 1. The SMILES string of the molecule is CCOc1c(N)nsc1N(C)CC1CCCC1. The molecule has 2 N–H and O–H groups in total. The van der Waals surface area contributed by atoms with Crippen LogP contribution >= 0.6 is 11.5 Å². The molecule has 0 atom stereocenters. The Labute approximate surface area is 107 Å². The van der Waals surface area contributed by atoms with Crippen molar-refractivity contribution >= 4 is 22.4 Å². The molecule has 1 saturated carbocycles. The molecular formula is C12H21N3OS. The lowest BCUT2D eigenvalue weighted by atomic mass is 10.1. The minimum absolute atomic E-state index is 0.519. The molecule has 0 radical (unpaired) electrons. The summed E-state index contributed by atoms with van der Waals surface area (Å²) in [5.41, 5.74) is 5.82. The fourth-order valence-corrected chi connectivity index (χ4v) is 3.20. The van der Waals surface area contributed by atoms with Crippen LogP contribution in [0.2, 0.25) is 0 Å². The fourth-order valence-electron chi connectivity index (χ4n) is 2.47. The zero-order chi connectivity index (χ0) is 12.3. The van der Waals surface area contributed by atoms with E-state index in [0.29, 0.717) is 12.4 Å². The van der Waals surface area contributed by atoms with Crippen LogP contribution in [0.3, 0.4) is 0 Å². The Morgan fingerprint density at radius 3 is 2.82 bits per heavy atom. The summed E-state index contributed by atoms with van der Waals surface area (Å²) in [5, 5.41) is 1.07. The van der Waals surface area contributed by atoms with Crippen molar-refractivity contribution in [3.05, 3.63) is 0 Å². The number of ether oxygens (including phenoxy) is 1. The molecule has 0 spiro atoms. The second kappa shape index (κ2) is 5.58. The maximum absolute atomic E-state index is 5.82. The van der Waals surface area contributed by atoms with Gasteiger partial charge in [0, 0.05) is 13.6 Å². The molecule has 0 saturated heterocycles. The third kappa shape index (κ3) is 2.83. The van der Waals surface area contributed by atoms with Crippen LogP contribution in [0.25, 0.3) is 0 Å². The average Bonchev–Trinajstić information content (AvgIpc) is 2.91. The second-order valence-corrected chi connectivity index (χ2v) is 5.42. The van der Waals surface area contributed by atoms with E-state index in [-0.39, 0.29) is 0 Å². The molecule has 1 heterocycles. The quantitative estimate of drug-likeness (QED) is 0.879. The van der Waals surface area contributed by atoms with Crippen molar-refractivity contribution < 1.29 is 4.74 Å². The predicted octanol–water partition coefficient (Wildman–Crippen LogP) is 2.75. The molecule has 5 heteroatoms. The topological polar surface area (TPSA) is 51.4 Å². The molecular weight excluding hydrogens is 234 g/mol. The molecule has 1 fully saturated rings. The van der Waals surface area contributed by atoms with Gasteiger partial charge in [-0.05, 0) is 37.2 Å². The Kier molecular flexibility index (Phi) is 4.10. The summed E-state index contributed by atoms with van der Waals surface area (Å²) in [6, 6.07) is 0. The van der Waals surface area contributed by atoms with Crippen molar-refractivity contribution in [3.8, 4) is 5.75 Å². The van der Waals surface area contributed by atoms with Gasteiger partial charge < -0.3 is 15.4 Å². The third-order valence-corrected chi connectivity index (χ3v) is 4.26. The first-order valence-corrected chi connectivity index (χ1v) is 7.08. The van der Waals surface area contributed by atoms with Gasteiger partial charge in [-0.3, -0.25) is 0 Å². The molecule has 1 aromatic heterocycles. The molecule has 1 aromatic rings. The molecule has 96 valence electrons. The van der Waals surface area contributed by atoms with Crippen LogP contribution in [0.1, 0.15) is 32.6 Å². The standard InChI is InChI=1S/C12H21N3OS/c1-3-16-10-11(13)14-17-12(10)15(2)8-9-6-4-5-7-9/h9H,3-8H2,1-2H3,(H2,13,14). The lowest BCUT2D eigenvalue weighted by Gasteiger charge is -2.22. The van der Waals surface area contributed by atoms with E-state index in [2.05, 4.69) is 16.3 Å². The lowest BCUT2D eigenvalue weighted by Crippen LogP contribution is -2.23. The van der Waals surface area contributed by atoms with Crippen LogP contribution in [-0.2, 0) is 0 Å². The van der Waals surface area contributed by atoms with Crippen molar-refractivity contribution in [2.75, 3.05) is 30.8 Å². The summed E-state index contributed by atoms with van der Waals surface area (Å²) in [7, 11) is 2.10. The van der Waals surface area contributed by atoms with Crippen molar-refractivity contribution in [3.63, 3.8) is 0 Å². The van der Waals surface area contributed by atoms with Crippen molar-refractivity contribution in [1.29, 1.82) is 0 Å². The predicted molar refractivity (Wildman–Crippen MR) is 72.9 cm³/mol. The average molecular weight is 255 g/mol. The normalized spacial score (nSPS) is 16.4. The summed E-state index contributed by atoms with van der Waals surface area (Å²) < 4.78 is 9.76. The third-order valence-electron chi connectivity index (χ3n) is 3.30. The minimum atomic E-state index is 0.519. The van der Waals surface area contributed by atoms with E-state index in [1.54, 1.807) is 0 Å². The Bertz CT molecular complexity index is 361. The van der Waals surface area contributed by atoms with E-state index in [1.807, 2.05) is 6.92 Å². The van der Waals surface area contributed by atoms with Crippen LogP contribution in [0.5, 0.6) is 5.75 Å². The number of rotatable bonds is 5. The number of anilines is 2. The number of nitrogen functional groups attached to an aromatic ring is 1. The summed E-state index contributed by atoms with van der Waals surface area (Å²) in [4.78, 5) is 2.25. The van der Waals surface area contributed by atoms with Crippen molar-refractivity contribution in [2.45, 2.75) is 32.6 Å². The van der Waals surface area contributed by atoms with E-state index in [4.69, 9.17) is 10.5 Å². The van der Waals surface area contributed by atoms with E-state index >= 15 is 0 Å². The summed E-state index contributed by atoms with van der Waals surface area (Å²) >= 11 is 1.43. The van der Waals surface area contributed by atoms with Crippen LogP contribution < -0.4 is 15.4 Å². The molecule has 1 aliphatic carbocycles. The van der Waals surface area contributed by atoms with Gasteiger partial charge in [0.25, 0.3) is 0 Å². The van der Waals surface area contributed by atoms with E-state index in [0.717, 1.165) is 23.2 Å². The molecule has 17 heavy (non-hydrogen) atoms. The molecule has 0 amide bonds. The van der Waals surface area contributed by atoms with Crippen LogP contribution in [0.15, 0.2) is 0 Å². The maximum Gasteiger partial charge on any atom is 0.197 e. The van der Waals surface area contributed by atoms with Crippen LogP contribution in [0.4, 0.5) is 10.8 Å². The van der Waals surface area contributed by atoms with Gasteiger partial charge in [-0.1, -0.05) is 12.8 Å². The second-order valence-electron chi connectivity index (χ2n) is 4.67. The van der Waals surface area contributed by atoms with Gasteiger partial charge in [-0.2, -0.15) is 4.37 Å². The van der Waals surface area contributed by atoms with Crippen molar-refractivity contribution in [2.24, 2.45) is 5.92 Å². The van der Waals surface area contributed by atoms with Gasteiger partial charge in [-0.25, -0.2) is 0 Å². The number of aromatic nitrogens is 1. The van der Waals surface area contributed by atoms with Crippen LogP contribution in [-0.4, -0.2) is 24.6 Å². The zero-order valence-electron chi connectivity index (χ0n) is 10.6. The molecule has 0 aromatic carbocycles. The Morgan fingerprint density at radius 1 is 1.47 bits per heavy atom. The highest BCUT2D eigenvalue weighted by Gasteiger charge is 2.21. The molecule has 0 unspecified atom stereocenters. The van der Waals surface area contributed by atoms with E-state index in [9.17, 15) is 0 Å². The van der Waals surface area contributed by atoms with Gasteiger partial charge in [0.15, 0.2) is 16.6 Å². The Morgan fingerprint density at radius 2 is 2.18 bits per heavy atom. The van der Waals surface area contributed by atoms with Gasteiger partial charge in [0.2, 0.25) is 0 Å². The first-order valence-electron chi connectivity index (χ1n) is 6.31. The molecule has 4 nitrogen and oxygen atoms in total. The summed E-state index contributed by atoms with van der Waals surface area (Å²) in [6.07, 6.45) is 5.45. The molecule has 1 aliphatic rings. The molecule has 0 bridgehead atoms. The van der Waals surface area contributed by atoms with E-state index < -0.39 is 0 Å². The zero-order valence-corrected chi connectivity index (χ0v) is 11.4. The maximum atomic E-state index is 5.82. The Hall–Kier alpha value is -0.970. The minimum Gasteiger partial charge on any atom is -0.487 e. The summed E-state index contributed by atoms with van der Waals surface area (Å²) in [5.74, 6) is 2.10. The first kappa shape index (κ1) is 12.5. The van der Waals surface area contributed by atoms with Gasteiger partial charge in [0.05, 0.1) is 6.61 Å².